The number of alkyl halides is 3. The van der Waals surface area contributed by atoms with Gasteiger partial charge in [-0.15, -0.1) is 0 Å². The quantitative estimate of drug-likeness (QED) is 0.767. The Morgan fingerprint density at radius 1 is 1.10 bits per heavy atom. The molecule has 0 saturated carbocycles. The molecule has 2 saturated heterocycles. The first kappa shape index (κ1) is 15.6. The van der Waals surface area contributed by atoms with Gasteiger partial charge in [0.05, 0.1) is 13.2 Å². The lowest BCUT2D eigenvalue weighted by Gasteiger charge is -2.45. The second-order valence-corrected chi connectivity index (χ2v) is 7.94. The van der Waals surface area contributed by atoms with E-state index >= 15 is 0 Å². The number of Topliss-reactive ketones (excluding diaryl/α,β-unsaturated/α-hetero) is 1. The fourth-order valence-corrected chi connectivity index (χ4v) is 3.44. The number of carbonyl (C=O) groups excluding carboxylic acids is 1. The van der Waals surface area contributed by atoms with E-state index in [4.69, 9.17) is 39.5 Å². The van der Waals surface area contributed by atoms with Gasteiger partial charge >= 0.3 is 0 Å². The average molecular weight is 349 g/mol. The molecule has 0 aromatic heterocycles. The molecule has 3 rings (SSSR count). The van der Waals surface area contributed by atoms with Gasteiger partial charge in [0.15, 0.2) is 0 Å². The number of morpholine rings is 1. The molecule has 2 fully saturated rings. The minimum Gasteiger partial charge on any atom is -0.378 e. The first-order valence-corrected chi connectivity index (χ1v) is 8.08. The summed E-state index contributed by atoms with van der Waals surface area (Å²) in [5, 5.41) is 0. The number of nitrogens with zero attached hydrogens (tertiary/aromatic N) is 1. The van der Waals surface area contributed by atoms with Crippen LogP contribution in [0.3, 0.4) is 0 Å². The van der Waals surface area contributed by atoms with Crippen LogP contribution in [-0.4, -0.2) is 36.0 Å². The predicted molar refractivity (Wildman–Crippen MR) is 83.9 cm³/mol. The van der Waals surface area contributed by atoms with E-state index in [0.29, 0.717) is 37.4 Å². The second-order valence-electron chi connectivity index (χ2n) is 5.66. The monoisotopic (exact) mass is 347 g/mol. The van der Waals surface area contributed by atoms with Crippen LogP contribution in [0.1, 0.15) is 24.0 Å². The Bertz CT molecular complexity index is 511. The summed E-state index contributed by atoms with van der Waals surface area (Å²) in [6.07, 6.45) is 1.17. The number of halogens is 3. The summed E-state index contributed by atoms with van der Waals surface area (Å²) in [4.78, 5) is 14.1. The fourth-order valence-electron chi connectivity index (χ4n) is 3.06. The van der Waals surface area contributed by atoms with Crippen LogP contribution in [0.5, 0.6) is 0 Å². The van der Waals surface area contributed by atoms with Gasteiger partial charge in [-0.25, -0.2) is 0 Å². The molecule has 2 atom stereocenters. The number of ketones is 1. The van der Waals surface area contributed by atoms with Crippen molar-refractivity contribution in [3.8, 4) is 0 Å². The third-order valence-electron chi connectivity index (χ3n) is 4.13. The standard InChI is InChI=1S/C15H16Cl3NO2/c16-15(17,18)11-3-1-10(2-4-11)7-19-12-5-14(20)6-13(19)9-21-8-12/h1-4,12-13H,5-9H2. The van der Waals surface area contributed by atoms with Crippen molar-refractivity contribution in [3.63, 3.8) is 0 Å². The lowest BCUT2D eigenvalue weighted by molar-refractivity contribution is -0.136. The van der Waals surface area contributed by atoms with Crippen molar-refractivity contribution < 1.29 is 9.53 Å². The third-order valence-corrected chi connectivity index (χ3v) is 4.79. The molecule has 2 aliphatic rings. The Morgan fingerprint density at radius 2 is 1.67 bits per heavy atom. The van der Waals surface area contributed by atoms with E-state index in [1.54, 1.807) is 0 Å². The maximum absolute atomic E-state index is 11.7. The molecule has 0 aliphatic carbocycles. The van der Waals surface area contributed by atoms with Crippen molar-refractivity contribution in [1.29, 1.82) is 0 Å². The highest BCUT2D eigenvalue weighted by Crippen LogP contribution is 2.38. The molecule has 2 heterocycles. The van der Waals surface area contributed by atoms with Gasteiger partial charge in [0.1, 0.15) is 5.78 Å². The van der Waals surface area contributed by atoms with E-state index in [0.717, 1.165) is 12.1 Å². The number of hydrogen-bond donors (Lipinski definition) is 0. The van der Waals surface area contributed by atoms with Gasteiger partial charge in [0.2, 0.25) is 3.79 Å². The Hall–Kier alpha value is -0.320. The van der Waals surface area contributed by atoms with Crippen LogP contribution in [-0.2, 0) is 19.9 Å². The number of carbonyl (C=O) groups is 1. The van der Waals surface area contributed by atoms with E-state index in [-0.39, 0.29) is 12.1 Å². The number of fused-ring (bicyclic) bond motifs is 2. The van der Waals surface area contributed by atoms with Crippen LogP contribution in [0.4, 0.5) is 0 Å². The molecular formula is C15H16Cl3NO2. The van der Waals surface area contributed by atoms with Gasteiger partial charge in [-0.05, 0) is 5.56 Å². The minimum atomic E-state index is -1.39. The van der Waals surface area contributed by atoms with Crippen LogP contribution in [0.2, 0.25) is 0 Å². The lowest BCUT2D eigenvalue weighted by atomic mass is 9.92. The molecule has 2 unspecified atom stereocenters. The Balaban J connectivity index is 1.73. The molecule has 0 spiro atoms. The molecule has 114 valence electrons. The van der Waals surface area contributed by atoms with E-state index in [1.807, 2.05) is 24.3 Å². The Morgan fingerprint density at radius 3 is 2.19 bits per heavy atom. The predicted octanol–water partition coefficient (Wildman–Crippen LogP) is 3.45. The van der Waals surface area contributed by atoms with Crippen LogP contribution < -0.4 is 0 Å². The molecule has 2 aliphatic heterocycles. The van der Waals surface area contributed by atoms with Crippen molar-refractivity contribution >= 4 is 40.6 Å². The summed E-state index contributed by atoms with van der Waals surface area (Å²) in [7, 11) is 0. The van der Waals surface area contributed by atoms with Gasteiger partial charge in [-0.1, -0.05) is 59.1 Å². The summed E-state index contributed by atoms with van der Waals surface area (Å²) in [5.41, 5.74) is 1.81. The molecular weight excluding hydrogens is 333 g/mol. The van der Waals surface area contributed by atoms with E-state index in [9.17, 15) is 4.79 Å². The number of hydrogen-bond acceptors (Lipinski definition) is 3. The highest BCUT2D eigenvalue weighted by Gasteiger charge is 2.38. The van der Waals surface area contributed by atoms with E-state index in [2.05, 4.69) is 4.90 Å². The van der Waals surface area contributed by atoms with Gasteiger partial charge in [-0.2, -0.15) is 0 Å². The topological polar surface area (TPSA) is 29.5 Å². The molecule has 1 aromatic carbocycles. The fraction of sp³-hybridized carbons (Fsp3) is 0.533. The molecule has 2 bridgehead atoms. The van der Waals surface area contributed by atoms with E-state index in [1.165, 1.54) is 0 Å². The number of ether oxygens (including phenoxy) is 1. The molecule has 1 aromatic rings. The van der Waals surface area contributed by atoms with Gasteiger partial charge in [0, 0.05) is 37.0 Å². The highest BCUT2D eigenvalue weighted by molar-refractivity contribution is 6.66. The largest absolute Gasteiger partial charge is 0.378 e. The summed E-state index contributed by atoms with van der Waals surface area (Å²) < 4.78 is 4.18. The maximum atomic E-state index is 11.7. The average Bonchev–Trinajstić information content (AvgIpc) is 2.39. The molecule has 21 heavy (non-hydrogen) atoms. The van der Waals surface area contributed by atoms with Gasteiger partial charge in [-0.3, -0.25) is 9.69 Å². The Labute approximate surface area is 139 Å². The molecule has 6 heteroatoms. The zero-order chi connectivity index (χ0) is 15.0. The molecule has 0 radical (unpaired) electrons. The second kappa shape index (κ2) is 6.05. The summed E-state index contributed by atoms with van der Waals surface area (Å²) in [6, 6.07) is 8.01. The van der Waals surface area contributed by atoms with Crippen molar-refractivity contribution in [1.82, 2.24) is 4.90 Å². The third kappa shape index (κ3) is 3.54. The highest BCUT2D eigenvalue weighted by atomic mass is 35.6. The zero-order valence-corrected chi connectivity index (χ0v) is 13.7. The van der Waals surface area contributed by atoms with Crippen molar-refractivity contribution in [2.24, 2.45) is 0 Å². The number of piperidine rings is 1. The van der Waals surface area contributed by atoms with Crippen LogP contribution in [0.15, 0.2) is 24.3 Å². The first-order valence-electron chi connectivity index (χ1n) is 6.95. The van der Waals surface area contributed by atoms with Gasteiger partial charge in [0.25, 0.3) is 0 Å². The summed E-state index contributed by atoms with van der Waals surface area (Å²) in [5.74, 6) is 0.344. The van der Waals surface area contributed by atoms with Crippen LogP contribution in [0, 0.1) is 0 Å². The number of benzene rings is 1. The van der Waals surface area contributed by atoms with Crippen LogP contribution in [0.25, 0.3) is 0 Å². The normalized spacial score (nSPS) is 26.9. The minimum absolute atomic E-state index is 0.192. The smallest absolute Gasteiger partial charge is 0.216 e. The first-order chi connectivity index (χ1) is 9.93. The maximum Gasteiger partial charge on any atom is 0.216 e. The molecule has 3 nitrogen and oxygen atoms in total. The Kier molecular flexibility index (Phi) is 4.49. The zero-order valence-electron chi connectivity index (χ0n) is 11.4. The molecule has 0 N–H and O–H groups in total. The SMILES string of the molecule is O=C1CC2COCC(C1)N2Cc1ccc(C(Cl)(Cl)Cl)cc1. The van der Waals surface area contributed by atoms with Crippen molar-refractivity contribution in [2.75, 3.05) is 13.2 Å². The lowest BCUT2D eigenvalue weighted by Crippen LogP contribution is -2.56. The molecule has 0 amide bonds. The van der Waals surface area contributed by atoms with Crippen molar-refractivity contribution in [3.05, 3.63) is 35.4 Å². The van der Waals surface area contributed by atoms with E-state index < -0.39 is 3.79 Å². The summed E-state index contributed by atoms with van der Waals surface area (Å²) >= 11 is 17.6. The van der Waals surface area contributed by atoms with Crippen molar-refractivity contribution in [2.45, 2.75) is 35.3 Å². The number of rotatable bonds is 2. The summed E-state index contributed by atoms with van der Waals surface area (Å²) in [6.45, 7) is 2.06. The van der Waals surface area contributed by atoms with Gasteiger partial charge < -0.3 is 4.74 Å². The van der Waals surface area contributed by atoms with Crippen LogP contribution >= 0.6 is 34.8 Å².